The Morgan fingerprint density at radius 2 is 1.67 bits per heavy atom. The maximum atomic E-state index is 9.77. The second-order valence-electron chi connectivity index (χ2n) is 3.68. The van der Waals surface area contributed by atoms with Crippen LogP contribution in [0.2, 0.25) is 0 Å². The highest BCUT2D eigenvalue weighted by atomic mass is 16.3. The van der Waals surface area contributed by atoms with E-state index in [0.29, 0.717) is 6.42 Å². The van der Waals surface area contributed by atoms with Gasteiger partial charge in [0.25, 0.3) is 0 Å². The fourth-order valence-corrected chi connectivity index (χ4v) is 1.49. The minimum Gasteiger partial charge on any atom is -0.508 e. The third-order valence-corrected chi connectivity index (χ3v) is 2.41. The maximum absolute atomic E-state index is 9.77. The lowest BCUT2D eigenvalue weighted by Gasteiger charge is -2.10. The maximum Gasteiger partial charge on any atom is 0.115 e. The molecule has 1 rings (SSSR count). The lowest BCUT2D eigenvalue weighted by molar-refractivity contribution is 0.162. The van der Waals surface area contributed by atoms with Crippen LogP contribution >= 0.6 is 0 Å². The fourth-order valence-electron chi connectivity index (χ4n) is 1.49. The fraction of sp³-hybridized carbons (Fsp3) is 0.500. The van der Waals surface area contributed by atoms with Gasteiger partial charge >= 0.3 is 0 Å². The molecule has 0 amide bonds. The quantitative estimate of drug-likeness (QED) is 0.629. The van der Waals surface area contributed by atoms with Gasteiger partial charge < -0.3 is 15.3 Å². The molecular weight excluding hydrogens is 192 g/mol. The summed E-state index contributed by atoms with van der Waals surface area (Å²) in [5.74, 6) is 0.214. The molecule has 0 aliphatic heterocycles. The average molecular weight is 210 g/mol. The molecule has 84 valence electrons. The first-order valence-corrected chi connectivity index (χ1v) is 5.32. The van der Waals surface area contributed by atoms with E-state index in [2.05, 4.69) is 0 Å². The SMILES string of the molecule is OCCCCCC(O)c1ccc(O)cc1. The number of aliphatic hydroxyl groups excluding tert-OH is 2. The molecule has 1 unspecified atom stereocenters. The van der Waals surface area contributed by atoms with Gasteiger partial charge in [-0.2, -0.15) is 0 Å². The number of aromatic hydroxyl groups is 1. The summed E-state index contributed by atoms with van der Waals surface area (Å²) in [5.41, 5.74) is 0.830. The van der Waals surface area contributed by atoms with Crippen molar-refractivity contribution in [1.29, 1.82) is 0 Å². The van der Waals surface area contributed by atoms with Gasteiger partial charge in [-0.1, -0.05) is 25.0 Å². The first kappa shape index (κ1) is 12.0. The van der Waals surface area contributed by atoms with Crippen LogP contribution in [0.25, 0.3) is 0 Å². The van der Waals surface area contributed by atoms with E-state index in [1.807, 2.05) is 0 Å². The molecule has 0 aliphatic rings. The Morgan fingerprint density at radius 1 is 1.00 bits per heavy atom. The minimum atomic E-state index is -0.468. The Bertz CT molecular complexity index is 269. The predicted octanol–water partition coefficient (Wildman–Crippen LogP) is 1.98. The minimum absolute atomic E-state index is 0.214. The van der Waals surface area contributed by atoms with Crippen molar-refractivity contribution in [2.45, 2.75) is 31.8 Å². The predicted molar refractivity (Wildman–Crippen MR) is 58.6 cm³/mol. The number of phenolic OH excluding ortho intramolecular Hbond substituents is 1. The summed E-state index contributed by atoms with van der Waals surface area (Å²) < 4.78 is 0. The van der Waals surface area contributed by atoms with E-state index < -0.39 is 6.10 Å². The van der Waals surface area contributed by atoms with Crippen LogP contribution in [-0.2, 0) is 0 Å². The molecule has 0 bridgehead atoms. The molecule has 3 heteroatoms. The summed E-state index contributed by atoms with van der Waals surface area (Å²) in [6.07, 6.45) is 2.87. The number of benzene rings is 1. The molecule has 15 heavy (non-hydrogen) atoms. The van der Waals surface area contributed by atoms with E-state index in [4.69, 9.17) is 10.2 Å². The van der Waals surface area contributed by atoms with E-state index in [0.717, 1.165) is 24.8 Å². The number of unbranched alkanes of at least 4 members (excludes halogenated alkanes) is 2. The summed E-state index contributed by atoms with van der Waals surface area (Å²) in [7, 11) is 0. The molecule has 1 atom stereocenters. The first-order chi connectivity index (χ1) is 7.24. The summed E-state index contributed by atoms with van der Waals surface area (Å²) in [5, 5.41) is 27.4. The highest BCUT2D eigenvalue weighted by Gasteiger charge is 2.06. The van der Waals surface area contributed by atoms with Gasteiger partial charge in [-0.3, -0.25) is 0 Å². The Kier molecular flexibility index (Phi) is 5.15. The Hall–Kier alpha value is -1.06. The van der Waals surface area contributed by atoms with E-state index in [1.54, 1.807) is 24.3 Å². The van der Waals surface area contributed by atoms with Crippen molar-refractivity contribution in [3.05, 3.63) is 29.8 Å². The second-order valence-corrected chi connectivity index (χ2v) is 3.68. The van der Waals surface area contributed by atoms with Gasteiger partial charge in [0.05, 0.1) is 6.10 Å². The third-order valence-electron chi connectivity index (χ3n) is 2.41. The van der Waals surface area contributed by atoms with E-state index in [-0.39, 0.29) is 12.4 Å². The number of phenols is 1. The molecule has 0 saturated carbocycles. The monoisotopic (exact) mass is 210 g/mol. The van der Waals surface area contributed by atoms with Crippen molar-refractivity contribution >= 4 is 0 Å². The van der Waals surface area contributed by atoms with Gasteiger partial charge in [-0.15, -0.1) is 0 Å². The van der Waals surface area contributed by atoms with Crippen LogP contribution in [0.4, 0.5) is 0 Å². The largest absolute Gasteiger partial charge is 0.508 e. The van der Waals surface area contributed by atoms with Crippen LogP contribution in [0.5, 0.6) is 5.75 Å². The van der Waals surface area contributed by atoms with Gasteiger partial charge in [0.15, 0.2) is 0 Å². The summed E-state index contributed by atoms with van der Waals surface area (Å²) in [4.78, 5) is 0. The van der Waals surface area contributed by atoms with E-state index in [9.17, 15) is 5.11 Å². The zero-order valence-electron chi connectivity index (χ0n) is 8.76. The summed E-state index contributed by atoms with van der Waals surface area (Å²) in [6.45, 7) is 0.218. The van der Waals surface area contributed by atoms with Gasteiger partial charge in [0, 0.05) is 6.61 Å². The molecule has 0 heterocycles. The molecule has 0 aromatic heterocycles. The van der Waals surface area contributed by atoms with Crippen molar-refractivity contribution < 1.29 is 15.3 Å². The molecule has 3 N–H and O–H groups in total. The van der Waals surface area contributed by atoms with E-state index >= 15 is 0 Å². The van der Waals surface area contributed by atoms with Crippen LogP contribution in [0.15, 0.2) is 24.3 Å². The molecule has 0 fully saturated rings. The third kappa shape index (κ3) is 4.32. The molecule has 0 saturated heterocycles. The first-order valence-electron chi connectivity index (χ1n) is 5.32. The topological polar surface area (TPSA) is 60.7 Å². The van der Waals surface area contributed by atoms with Crippen molar-refractivity contribution in [2.24, 2.45) is 0 Å². The molecule has 0 aliphatic carbocycles. The highest BCUT2D eigenvalue weighted by Crippen LogP contribution is 2.21. The number of rotatable bonds is 6. The van der Waals surface area contributed by atoms with Crippen LogP contribution in [0.1, 0.15) is 37.4 Å². The van der Waals surface area contributed by atoms with Crippen LogP contribution < -0.4 is 0 Å². The van der Waals surface area contributed by atoms with Gasteiger partial charge in [-0.25, -0.2) is 0 Å². The molecule has 1 aromatic carbocycles. The van der Waals surface area contributed by atoms with Crippen molar-refractivity contribution in [2.75, 3.05) is 6.61 Å². The number of aliphatic hydroxyl groups is 2. The average Bonchev–Trinajstić information content (AvgIpc) is 2.25. The van der Waals surface area contributed by atoms with Crippen LogP contribution in [0, 0.1) is 0 Å². The normalized spacial score (nSPS) is 12.7. The molecule has 1 aromatic rings. The lowest BCUT2D eigenvalue weighted by atomic mass is 10.0. The molecule has 0 radical (unpaired) electrons. The number of hydrogen-bond acceptors (Lipinski definition) is 3. The van der Waals surface area contributed by atoms with Gasteiger partial charge in [0.1, 0.15) is 5.75 Å². The zero-order valence-corrected chi connectivity index (χ0v) is 8.76. The lowest BCUT2D eigenvalue weighted by Crippen LogP contribution is -1.97. The molecular formula is C12H18O3. The zero-order chi connectivity index (χ0) is 11.1. The van der Waals surface area contributed by atoms with Crippen molar-refractivity contribution in [3.63, 3.8) is 0 Å². The molecule has 3 nitrogen and oxygen atoms in total. The Labute approximate surface area is 90.0 Å². The van der Waals surface area contributed by atoms with Gasteiger partial charge in [0.2, 0.25) is 0 Å². The van der Waals surface area contributed by atoms with E-state index in [1.165, 1.54) is 0 Å². The Balaban J connectivity index is 2.33. The number of hydrogen-bond donors (Lipinski definition) is 3. The van der Waals surface area contributed by atoms with Crippen LogP contribution in [0.3, 0.4) is 0 Å². The standard InChI is InChI=1S/C12H18O3/c13-9-3-1-2-4-12(15)10-5-7-11(14)8-6-10/h5-8,12-15H,1-4,9H2. The summed E-state index contributed by atoms with van der Waals surface area (Å²) >= 11 is 0. The van der Waals surface area contributed by atoms with Crippen molar-refractivity contribution in [1.82, 2.24) is 0 Å². The van der Waals surface area contributed by atoms with Crippen LogP contribution in [-0.4, -0.2) is 21.9 Å². The van der Waals surface area contributed by atoms with Crippen molar-refractivity contribution in [3.8, 4) is 5.75 Å². The smallest absolute Gasteiger partial charge is 0.115 e. The summed E-state index contributed by atoms with van der Waals surface area (Å²) in [6, 6.07) is 6.61. The second kappa shape index (κ2) is 6.43. The highest BCUT2D eigenvalue weighted by molar-refractivity contribution is 5.27. The molecule has 0 spiro atoms. The van der Waals surface area contributed by atoms with Gasteiger partial charge in [-0.05, 0) is 30.5 Å². The Morgan fingerprint density at radius 3 is 2.27 bits per heavy atom.